The van der Waals surface area contributed by atoms with E-state index in [1.165, 1.54) is 57.8 Å². The molecule has 0 aromatic carbocycles. The number of ether oxygens (including phenoxy) is 1. The van der Waals surface area contributed by atoms with Crippen LogP contribution in [-0.2, 0) is 14.4 Å². The van der Waals surface area contributed by atoms with Crippen molar-refractivity contribution in [3.05, 3.63) is 0 Å². The van der Waals surface area contributed by atoms with Gasteiger partial charge < -0.3 is 25.6 Å². The first-order chi connectivity index (χ1) is 23.0. The van der Waals surface area contributed by atoms with Gasteiger partial charge in [0.05, 0.1) is 18.8 Å². The number of amides is 1. The van der Waals surface area contributed by atoms with Crippen LogP contribution in [0.1, 0.15) is 131 Å². The molecule has 5 aliphatic carbocycles. The lowest BCUT2D eigenvalue weighted by atomic mass is 9.45. The van der Waals surface area contributed by atoms with Crippen LogP contribution in [0.15, 0.2) is 0 Å². The van der Waals surface area contributed by atoms with Gasteiger partial charge in [-0.1, -0.05) is 72.6 Å². The summed E-state index contributed by atoms with van der Waals surface area (Å²) in [6, 6.07) is -0.0266. The van der Waals surface area contributed by atoms with E-state index in [4.69, 9.17) is 9.57 Å². The van der Waals surface area contributed by atoms with Gasteiger partial charge in [-0.25, -0.2) is 0 Å². The fourth-order valence-corrected chi connectivity index (χ4v) is 11.5. The third-order valence-electron chi connectivity index (χ3n) is 14.5. The van der Waals surface area contributed by atoms with Crippen LogP contribution in [0.25, 0.3) is 0 Å². The third kappa shape index (κ3) is 8.47. The number of methoxy groups -OCH3 is 1. The highest BCUT2D eigenvalue weighted by molar-refractivity contribution is 5.82. The molecule has 0 spiro atoms. The molecular formula is C40H73N3O5. The van der Waals surface area contributed by atoms with Gasteiger partial charge >= 0.3 is 0 Å². The average molecular weight is 676 g/mol. The zero-order valence-corrected chi connectivity index (χ0v) is 31.7. The molecule has 2 bridgehead atoms. The van der Waals surface area contributed by atoms with E-state index >= 15 is 0 Å². The summed E-state index contributed by atoms with van der Waals surface area (Å²) < 4.78 is 6.35. The van der Waals surface area contributed by atoms with Crippen LogP contribution >= 0.6 is 0 Å². The van der Waals surface area contributed by atoms with Crippen molar-refractivity contribution in [1.29, 1.82) is 0 Å². The first kappa shape index (κ1) is 38.5. The zero-order chi connectivity index (χ0) is 34.6. The largest absolute Gasteiger partial charge is 0.394 e. The predicted octanol–water partition coefficient (Wildman–Crippen LogP) is 6.33. The van der Waals surface area contributed by atoms with Crippen molar-refractivity contribution < 1.29 is 24.6 Å². The quantitative estimate of drug-likeness (QED) is 0.142. The Hall–Kier alpha value is -0.770. The van der Waals surface area contributed by atoms with Crippen molar-refractivity contribution in [3.63, 3.8) is 0 Å². The highest BCUT2D eigenvalue weighted by Gasteiger charge is 2.57. The van der Waals surface area contributed by atoms with Crippen molar-refractivity contribution >= 4 is 5.91 Å². The number of nitrogens with one attached hydrogen (secondary N) is 2. The van der Waals surface area contributed by atoms with Gasteiger partial charge in [0.2, 0.25) is 5.91 Å². The molecule has 5 unspecified atom stereocenters. The highest BCUT2D eigenvalue weighted by Crippen LogP contribution is 2.61. The summed E-state index contributed by atoms with van der Waals surface area (Å²) in [4.78, 5) is 20.6. The van der Waals surface area contributed by atoms with Gasteiger partial charge in [-0.3, -0.25) is 9.63 Å². The summed E-state index contributed by atoms with van der Waals surface area (Å²) in [6.07, 6.45) is 16.4. The van der Waals surface area contributed by atoms with Crippen molar-refractivity contribution in [2.24, 2.45) is 52.8 Å². The number of hydrogen-bond donors (Lipinski definition) is 4. The van der Waals surface area contributed by atoms with Gasteiger partial charge in [0.25, 0.3) is 0 Å². The van der Waals surface area contributed by atoms with Gasteiger partial charge in [0, 0.05) is 37.6 Å². The molecule has 6 fully saturated rings. The van der Waals surface area contributed by atoms with E-state index in [-0.39, 0.29) is 30.6 Å². The summed E-state index contributed by atoms with van der Waals surface area (Å²) >= 11 is 0. The minimum atomic E-state index is -0.780. The number of fused-ring (bicyclic) bond motifs is 2. The molecule has 0 aromatic rings. The Labute approximate surface area is 293 Å². The fraction of sp³-hybridized carbons (Fsp3) is 0.975. The maximum Gasteiger partial charge on any atom is 0.240 e. The molecular weight excluding hydrogens is 602 g/mol. The monoisotopic (exact) mass is 676 g/mol. The van der Waals surface area contributed by atoms with E-state index in [1.54, 1.807) is 6.92 Å². The first-order valence-electron chi connectivity index (χ1n) is 20.3. The molecule has 6 aliphatic rings. The van der Waals surface area contributed by atoms with E-state index in [1.807, 2.05) is 12.2 Å². The molecule has 8 nitrogen and oxygen atoms in total. The Morgan fingerprint density at radius 3 is 2.46 bits per heavy atom. The molecule has 0 aromatic heterocycles. The topological polar surface area (TPSA) is 103 Å². The Morgan fingerprint density at radius 1 is 1.08 bits per heavy atom. The molecule has 8 heteroatoms. The Balaban J connectivity index is 1.20. The number of carbonyl (C=O) groups is 1. The number of rotatable bonds is 16. The number of aliphatic hydroxyl groups excluding tert-OH is 2. The molecule has 48 heavy (non-hydrogen) atoms. The standard InChI is InChI=1S/C40H73N3O5/c1-8-29(20-25(2)41-19-13-16-28-14-10-9-11-15-28)32-18-12-17-30(38(32)47-7)23-43-37(36(27(4)45)35(24-44)48-43)39(46)42-34-22-31-21-33(26(34)3)40(31,5)6/h25-38,41,44-45H,8-24H2,1-7H3,(H,42,46)/t25?,26-,27-,29?,30?,31+,32?,33-,34-,35-,36-,37-,38?/m0/s1. The fourth-order valence-electron chi connectivity index (χ4n) is 11.5. The molecule has 6 rings (SSSR count). The van der Waals surface area contributed by atoms with Gasteiger partial charge in [-0.15, -0.1) is 0 Å². The van der Waals surface area contributed by atoms with Crippen molar-refractivity contribution in [2.75, 3.05) is 26.8 Å². The van der Waals surface area contributed by atoms with Crippen molar-refractivity contribution in [3.8, 4) is 0 Å². The summed E-state index contributed by atoms with van der Waals surface area (Å²) in [6.45, 7) is 14.9. The highest BCUT2D eigenvalue weighted by atomic mass is 16.7. The SMILES string of the molecule is CCC(CC(C)NCCCC1CCCCC1)C1CCCC(CN2O[C@@H](CO)[C@H]([C@H](C)O)[C@H]2C(=O)N[C@H]2C[C@H]3C[C@@H]([C@@H]2C)C3(C)C)C1OC. The number of nitrogens with zero attached hydrogens (tertiary/aromatic N) is 1. The minimum absolute atomic E-state index is 0.0658. The van der Waals surface area contributed by atoms with Gasteiger partial charge in [0.15, 0.2) is 0 Å². The number of carbonyl (C=O) groups excluding carboxylic acids is 1. The molecule has 5 saturated carbocycles. The molecule has 1 saturated heterocycles. The smallest absolute Gasteiger partial charge is 0.240 e. The second-order valence-corrected chi connectivity index (χ2v) is 17.7. The molecule has 13 atom stereocenters. The van der Waals surface area contributed by atoms with Crippen LogP contribution in [0.5, 0.6) is 0 Å². The molecule has 4 N–H and O–H groups in total. The Morgan fingerprint density at radius 2 is 1.83 bits per heavy atom. The maximum atomic E-state index is 14.2. The van der Waals surface area contributed by atoms with Crippen molar-refractivity contribution in [2.45, 2.75) is 168 Å². The van der Waals surface area contributed by atoms with Crippen molar-refractivity contribution in [1.82, 2.24) is 15.7 Å². The maximum absolute atomic E-state index is 14.2. The van der Waals surface area contributed by atoms with Gasteiger partial charge in [-0.2, -0.15) is 5.06 Å². The summed E-state index contributed by atoms with van der Waals surface area (Å²) in [5.41, 5.74) is 0.346. The lowest BCUT2D eigenvalue weighted by Gasteiger charge is -2.62. The lowest BCUT2D eigenvalue weighted by Crippen LogP contribution is -2.62. The Bertz CT molecular complexity index is 1000. The number of hydroxylamine groups is 2. The van der Waals surface area contributed by atoms with Gasteiger partial charge in [-0.05, 0) is 106 Å². The molecule has 278 valence electrons. The summed E-state index contributed by atoms with van der Waals surface area (Å²) in [7, 11) is 1.86. The lowest BCUT2D eigenvalue weighted by molar-refractivity contribution is -0.193. The Kier molecular flexibility index (Phi) is 13.8. The van der Waals surface area contributed by atoms with E-state index < -0.39 is 24.2 Å². The second-order valence-electron chi connectivity index (χ2n) is 17.7. The summed E-state index contributed by atoms with van der Waals surface area (Å²) in [5.74, 6) is 3.32. The van der Waals surface area contributed by atoms with Crippen LogP contribution in [-0.4, -0.2) is 84.4 Å². The zero-order valence-electron chi connectivity index (χ0n) is 31.7. The van der Waals surface area contributed by atoms with E-state index in [9.17, 15) is 15.0 Å². The van der Waals surface area contributed by atoms with Crippen LogP contribution < -0.4 is 10.6 Å². The van der Waals surface area contributed by atoms with E-state index in [0.717, 1.165) is 44.6 Å². The van der Waals surface area contributed by atoms with E-state index in [0.29, 0.717) is 47.6 Å². The second kappa shape index (κ2) is 17.2. The molecule has 1 heterocycles. The first-order valence-corrected chi connectivity index (χ1v) is 20.3. The summed E-state index contributed by atoms with van der Waals surface area (Å²) in [5, 5.41) is 30.4. The molecule has 0 radical (unpaired) electrons. The minimum Gasteiger partial charge on any atom is -0.394 e. The van der Waals surface area contributed by atoms with E-state index in [2.05, 4.69) is 45.3 Å². The van der Waals surface area contributed by atoms with Gasteiger partial charge in [0.1, 0.15) is 12.1 Å². The molecule has 1 amide bonds. The van der Waals surface area contributed by atoms with Crippen LogP contribution in [0, 0.1) is 52.8 Å². The average Bonchev–Trinajstić information content (AvgIpc) is 3.45. The normalized spacial score (nSPS) is 39.0. The number of aliphatic hydroxyl groups is 2. The van der Waals surface area contributed by atoms with Crippen LogP contribution in [0.3, 0.4) is 0 Å². The van der Waals surface area contributed by atoms with Crippen LogP contribution in [0.4, 0.5) is 0 Å². The number of hydrogen-bond acceptors (Lipinski definition) is 7. The van der Waals surface area contributed by atoms with Crippen LogP contribution in [0.2, 0.25) is 0 Å². The third-order valence-corrected chi connectivity index (χ3v) is 14.5. The molecule has 1 aliphatic heterocycles. The predicted molar refractivity (Wildman–Crippen MR) is 192 cm³/mol.